The minimum absolute atomic E-state index is 0.150. The summed E-state index contributed by atoms with van der Waals surface area (Å²) >= 11 is 0. The zero-order chi connectivity index (χ0) is 21.1. The molecule has 4 aromatic rings. The van der Waals surface area contributed by atoms with Crippen LogP contribution in [-0.2, 0) is 4.74 Å². The maximum absolute atomic E-state index is 11.0. The first-order valence-corrected chi connectivity index (χ1v) is 9.09. The van der Waals surface area contributed by atoms with Gasteiger partial charge < -0.3 is 19.9 Å². The fraction of sp³-hybridized carbons (Fsp3) is 0.143. The Bertz CT molecular complexity index is 1200. The summed E-state index contributed by atoms with van der Waals surface area (Å²) in [5.74, 6) is 0.0577. The summed E-state index contributed by atoms with van der Waals surface area (Å²) in [6.07, 6.45) is 3.49. The number of ether oxygens (including phenoxy) is 2. The zero-order valence-corrected chi connectivity index (χ0v) is 16.4. The first kappa shape index (κ1) is 19.3. The van der Waals surface area contributed by atoms with Crippen LogP contribution in [-0.4, -0.2) is 44.3 Å². The standard InChI is InChI=1S/C21H19N5O4/c1-13-19(26-11-16(30-12-29-2)7-8-18(26)23-13)17-9-10-22-21(25-17)24-15-5-3-14(4-6-15)20(27)28/h3-11H,12H2,1-2H3,(H,27,28)(H,22,24,25). The van der Waals surface area contributed by atoms with E-state index in [1.54, 1.807) is 31.5 Å². The highest BCUT2D eigenvalue weighted by Crippen LogP contribution is 2.26. The number of anilines is 2. The van der Waals surface area contributed by atoms with Crippen molar-refractivity contribution in [2.75, 3.05) is 19.2 Å². The number of rotatable bonds is 7. The highest BCUT2D eigenvalue weighted by Gasteiger charge is 2.14. The van der Waals surface area contributed by atoms with E-state index in [0.717, 1.165) is 17.0 Å². The lowest BCUT2D eigenvalue weighted by Gasteiger charge is -2.09. The van der Waals surface area contributed by atoms with E-state index < -0.39 is 5.97 Å². The van der Waals surface area contributed by atoms with Crippen LogP contribution in [0.15, 0.2) is 54.9 Å². The van der Waals surface area contributed by atoms with Crippen molar-refractivity contribution in [3.63, 3.8) is 0 Å². The van der Waals surface area contributed by atoms with Crippen molar-refractivity contribution >= 4 is 23.3 Å². The summed E-state index contributed by atoms with van der Waals surface area (Å²) < 4.78 is 12.4. The molecule has 0 radical (unpaired) electrons. The largest absolute Gasteiger partial charge is 0.478 e. The molecule has 0 fully saturated rings. The average Bonchev–Trinajstić information content (AvgIpc) is 3.07. The summed E-state index contributed by atoms with van der Waals surface area (Å²) in [4.78, 5) is 24.5. The number of carboxylic acids is 1. The SMILES string of the molecule is COCOc1ccc2nc(C)c(-c3ccnc(Nc4ccc(C(=O)O)cc4)n3)n2c1. The Morgan fingerprint density at radius 3 is 2.67 bits per heavy atom. The minimum Gasteiger partial charge on any atom is -0.478 e. The molecule has 30 heavy (non-hydrogen) atoms. The van der Waals surface area contributed by atoms with E-state index >= 15 is 0 Å². The number of hydrogen-bond donors (Lipinski definition) is 2. The summed E-state index contributed by atoms with van der Waals surface area (Å²) in [5.41, 5.74) is 3.98. The number of nitrogens with one attached hydrogen (secondary N) is 1. The predicted molar refractivity (Wildman–Crippen MR) is 110 cm³/mol. The number of benzene rings is 1. The Morgan fingerprint density at radius 2 is 1.93 bits per heavy atom. The van der Waals surface area contributed by atoms with Crippen LogP contribution in [0.5, 0.6) is 5.75 Å². The highest BCUT2D eigenvalue weighted by molar-refractivity contribution is 5.88. The van der Waals surface area contributed by atoms with Crippen LogP contribution in [0.4, 0.5) is 11.6 Å². The van der Waals surface area contributed by atoms with E-state index in [4.69, 9.17) is 14.6 Å². The molecule has 3 aromatic heterocycles. The normalized spacial score (nSPS) is 10.9. The number of fused-ring (bicyclic) bond motifs is 1. The third kappa shape index (κ3) is 3.91. The van der Waals surface area contributed by atoms with Crippen LogP contribution in [0.25, 0.3) is 17.0 Å². The van der Waals surface area contributed by atoms with Gasteiger partial charge in [-0.15, -0.1) is 0 Å². The number of carboxylic acid groups (broad SMARTS) is 1. The van der Waals surface area contributed by atoms with Crippen molar-refractivity contribution in [2.24, 2.45) is 0 Å². The Labute approximate surface area is 172 Å². The van der Waals surface area contributed by atoms with E-state index in [9.17, 15) is 4.79 Å². The molecule has 0 amide bonds. The van der Waals surface area contributed by atoms with Gasteiger partial charge in [0.15, 0.2) is 6.79 Å². The molecule has 0 aliphatic heterocycles. The number of imidazole rings is 1. The molecular weight excluding hydrogens is 386 g/mol. The van der Waals surface area contributed by atoms with Crippen molar-refractivity contribution in [3.05, 3.63) is 66.1 Å². The number of aromatic nitrogens is 4. The summed E-state index contributed by atoms with van der Waals surface area (Å²) in [6.45, 7) is 2.06. The molecule has 0 saturated carbocycles. The van der Waals surface area contributed by atoms with Gasteiger partial charge in [-0.25, -0.2) is 19.7 Å². The number of carbonyl (C=O) groups is 1. The fourth-order valence-corrected chi connectivity index (χ4v) is 3.04. The van der Waals surface area contributed by atoms with E-state index in [1.165, 1.54) is 12.1 Å². The van der Waals surface area contributed by atoms with Crippen molar-refractivity contribution in [2.45, 2.75) is 6.92 Å². The maximum Gasteiger partial charge on any atom is 0.335 e. The van der Waals surface area contributed by atoms with Crippen molar-refractivity contribution in [1.82, 2.24) is 19.4 Å². The van der Waals surface area contributed by atoms with Crippen LogP contribution in [0.2, 0.25) is 0 Å². The molecule has 9 heteroatoms. The van der Waals surface area contributed by atoms with Gasteiger partial charge in [-0.2, -0.15) is 0 Å². The lowest BCUT2D eigenvalue weighted by atomic mass is 10.2. The fourth-order valence-electron chi connectivity index (χ4n) is 3.04. The number of methoxy groups -OCH3 is 1. The van der Waals surface area contributed by atoms with E-state index in [2.05, 4.69) is 20.3 Å². The number of aromatic carboxylic acids is 1. The van der Waals surface area contributed by atoms with Gasteiger partial charge in [0.2, 0.25) is 5.95 Å². The number of pyridine rings is 1. The molecule has 0 spiro atoms. The molecular formula is C21H19N5O4. The molecule has 9 nitrogen and oxygen atoms in total. The lowest BCUT2D eigenvalue weighted by molar-refractivity contribution is 0.0508. The Kier molecular flexibility index (Phi) is 5.27. The second-order valence-electron chi connectivity index (χ2n) is 6.46. The predicted octanol–water partition coefficient (Wildman–Crippen LogP) is 3.52. The molecule has 2 N–H and O–H groups in total. The van der Waals surface area contributed by atoms with Gasteiger partial charge >= 0.3 is 5.97 Å². The Morgan fingerprint density at radius 1 is 1.13 bits per heavy atom. The van der Waals surface area contributed by atoms with Gasteiger partial charge in [-0.3, -0.25) is 4.40 Å². The molecule has 0 unspecified atom stereocenters. The first-order valence-electron chi connectivity index (χ1n) is 9.09. The second kappa shape index (κ2) is 8.18. The topological polar surface area (TPSA) is 111 Å². The molecule has 0 saturated heterocycles. The monoisotopic (exact) mass is 405 g/mol. The van der Waals surface area contributed by atoms with Gasteiger partial charge in [0, 0.05) is 19.0 Å². The molecule has 4 rings (SSSR count). The molecule has 152 valence electrons. The quantitative estimate of drug-likeness (QED) is 0.449. The van der Waals surface area contributed by atoms with Crippen LogP contribution in [0.3, 0.4) is 0 Å². The van der Waals surface area contributed by atoms with Crippen LogP contribution < -0.4 is 10.1 Å². The Balaban J connectivity index is 1.67. The third-order valence-corrected chi connectivity index (χ3v) is 4.40. The molecule has 3 heterocycles. The molecule has 0 aliphatic rings. The molecule has 0 bridgehead atoms. The average molecular weight is 405 g/mol. The van der Waals surface area contributed by atoms with Crippen molar-refractivity contribution < 1.29 is 19.4 Å². The Hall–Kier alpha value is -3.98. The molecule has 0 atom stereocenters. The van der Waals surface area contributed by atoms with Crippen LogP contribution >= 0.6 is 0 Å². The van der Waals surface area contributed by atoms with Crippen molar-refractivity contribution in [3.8, 4) is 17.1 Å². The van der Waals surface area contributed by atoms with Gasteiger partial charge in [-0.1, -0.05) is 0 Å². The maximum atomic E-state index is 11.0. The van der Waals surface area contributed by atoms with Gasteiger partial charge in [0.1, 0.15) is 11.4 Å². The van der Waals surface area contributed by atoms with Gasteiger partial charge in [0.05, 0.1) is 28.8 Å². The minimum atomic E-state index is -0.975. The second-order valence-corrected chi connectivity index (χ2v) is 6.46. The summed E-state index contributed by atoms with van der Waals surface area (Å²) in [7, 11) is 1.57. The third-order valence-electron chi connectivity index (χ3n) is 4.40. The summed E-state index contributed by atoms with van der Waals surface area (Å²) in [5, 5.41) is 12.1. The van der Waals surface area contributed by atoms with Gasteiger partial charge in [-0.05, 0) is 49.4 Å². The lowest BCUT2D eigenvalue weighted by Crippen LogP contribution is -2.02. The van der Waals surface area contributed by atoms with E-state index in [1.807, 2.05) is 29.7 Å². The van der Waals surface area contributed by atoms with Crippen LogP contribution in [0.1, 0.15) is 16.1 Å². The highest BCUT2D eigenvalue weighted by atomic mass is 16.7. The van der Waals surface area contributed by atoms with E-state index in [-0.39, 0.29) is 12.4 Å². The van der Waals surface area contributed by atoms with Gasteiger partial charge in [0.25, 0.3) is 0 Å². The molecule has 0 aliphatic carbocycles. The van der Waals surface area contributed by atoms with E-state index in [0.29, 0.717) is 23.1 Å². The summed E-state index contributed by atoms with van der Waals surface area (Å²) in [6, 6.07) is 11.9. The number of nitrogens with zero attached hydrogens (tertiary/aromatic N) is 4. The molecule has 1 aromatic carbocycles. The number of aryl methyl sites for hydroxylation is 1. The zero-order valence-electron chi connectivity index (χ0n) is 16.4. The van der Waals surface area contributed by atoms with Crippen molar-refractivity contribution in [1.29, 1.82) is 0 Å². The number of hydrogen-bond acceptors (Lipinski definition) is 7. The smallest absolute Gasteiger partial charge is 0.335 e. The first-order chi connectivity index (χ1) is 14.5. The van der Waals surface area contributed by atoms with Crippen LogP contribution in [0, 0.1) is 6.92 Å².